The van der Waals surface area contributed by atoms with Crippen molar-refractivity contribution in [3.63, 3.8) is 0 Å². The van der Waals surface area contributed by atoms with Crippen LogP contribution in [0, 0.1) is 13.8 Å². The SMILES string of the molecule is CCC(N)c1c(C)nn(Cc2ccc(OC)c(Br)c2)c1C. The number of aromatic nitrogens is 2. The van der Waals surface area contributed by atoms with Crippen LogP contribution in [0.3, 0.4) is 0 Å². The molecular weight excluding hydrogens is 330 g/mol. The van der Waals surface area contributed by atoms with Crippen molar-refractivity contribution < 1.29 is 4.74 Å². The van der Waals surface area contributed by atoms with Crippen LogP contribution < -0.4 is 10.5 Å². The highest BCUT2D eigenvalue weighted by Crippen LogP contribution is 2.27. The van der Waals surface area contributed by atoms with E-state index < -0.39 is 0 Å². The predicted molar refractivity (Wildman–Crippen MR) is 88.7 cm³/mol. The summed E-state index contributed by atoms with van der Waals surface area (Å²) < 4.78 is 8.23. The fourth-order valence-electron chi connectivity index (χ4n) is 2.59. The third-order valence-corrected chi connectivity index (χ3v) is 4.42. The quantitative estimate of drug-likeness (QED) is 0.892. The molecule has 0 aliphatic heterocycles. The van der Waals surface area contributed by atoms with Crippen molar-refractivity contribution in [3.05, 3.63) is 45.2 Å². The van der Waals surface area contributed by atoms with Gasteiger partial charge in [-0.15, -0.1) is 0 Å². The molecule has 2 aromatic rings. The lowest BCUT2D eigenvalue weighted by Crippen LogP contribution is -2.11. The smallest absolute Gasteiger partial charge is 0.133 e. The third-order valence-electron chi connectivity index (χ3n) is 3.80. The first-order chi connectivity index (χ1) is 9.97. The number of methoxy groups -OCH3 is 1. The van der Waals surface area contributed by atoms with Crippen LogP contribution in [0.25, 0.3) is 0 Å². The van der Waals surface area contributed by atoms with Gasteiger partial charge in [0.05, 0.1) is 23.8 Å². The molecule has 114 valence electrons. The summed E-state index contributed by atoms with van der Waals surface area (Å²) in [4.78, 5) is 0. The van der Waals surface area contributed by atoms with Gasteiger partial charge in [-0.1, -0.05) is 13.0 Å². The zero-order valence-electron chi connectivity index (χ0n) is 13.0. The van der Waals surface area contributed by atoms with Crippen molar-refractivity contribution in [3.8, 4) is 5.75 Å². The number of nitrogens with two attached hydrogens (primary N) is 1. The molecule has 0 spiro atoms. The highest BCUT2D eigenvalue weighted by atomic mass is 79.9. The number of hydrogen-bond acceptors (Lipinski definition) is 3. The van der Waals surface area contributed by atoms with E-state index in [2.05, 4.69) is 47.0 Å². The van der Waals surface area contributed by atoms with Crippen molar-refractivity contribution >= 4 is 15.9 Å². The van der Waals surface area contributed by atoms with Gasteiger partial charge in [-0.3, -0.25) is 4.68 Å². The molecule has 0 saturated heterocycles. The molecule has 0 aliphatic rings. The standard InChI is InChI=1S/C16H22BrN3O/c1-5-14(18)16-10(2)19-20(11(16)3)9-12-6-7-15(21-4)13(17)8-12/h6-8,14H,5,9,18H2,1-4H3. The van der Waals surface area contributed by atoms with Crippen molar-refractivity contribution in [2.75, 3.05) is 7.11 Å². The second kappa shape index (κ2) is 6.62. The first kappa shape index (κ1) is 16.0. The molecule has 1 heterocycles. The molecule has 2 N–H and O–H groups in total. The molecule has 1 unspecified atom stereocenters. The van der Waals surface area contributed by atoms with Gasteiger partial charge >= 0.3 is 0 Å². The Labute approximate surface area is 134 Å². The second-order valence-corrected chi connectivity index (χ2v) is 6.08. The molecule has 0 fully saturated rings. The number of aryl methyl sites for hydroxylation is 1. The third kappa shape index (κ3) is 3.30. The molecule has 4 nitrogen and oxygen atoms in total. The van der Waals surface area contributed by atoms with Gasteiger partial charge < -0.3 is 10.5 Å². The first-order valence-electron chi connectivity index (χ1n) is 7.09. The molecule has 0 radical (unpaired) electrons. The van der Waals surface area contributed by atoms with Gasteiger partial charge in [0, 0.05) is 17.3 Å². The molecule has 0 saturated carbocycles. The van der Waals surface area contributed by atoms with Crippen LogP contribution in [-0.4, -0.2) is 16.9 Å². The highest BCUT2D eigenvalue weighted by molar-refractivity contribution is 9.10. The minimum Gasteiger partial charge on any atom is -0.496 e. The minimum atomic E-state index is 0.0568. The zero-order chi connectivity index (χ0) is 15.6. The monoisotopic (exact) mass is 351 g/mol. The Morgan fingerprint density at radius 3 is 2.67 bits per heavy atom. The van der Waals surface area contributed by atoms with E-state index in [1.54, 1.807) is 7.11 Å². The lowest BCUT2D eigenvalue weighted by atomic mass is 10.0. The Morgan fingerprint density at radius 2 is 2.10 bits per heavy atom. The van der Waals surface area contributed by atoms with Gasteiger partial charge in [0.2, 0.25) is 0 Å². The summed E-state index contributed by atoms with van der Waals surface area (Å²) >= 11 is 3.52. The number of ether oxygens (including phenoxy) is 1. The Hall–Kier alpha value is -1.33. The Kier molecular flexibility index (Phi) is 5.06. The maximum atomic E-state index is 6.19. The predicted octanol–water partition coefficient (Wildman–Crippen LogP) is 3.73. The fourth-order valence-corrected chi connectivity index (χ4v) is 3.17. The summed E-state index contributed by atoms with van der Waals surface area (Å²) in [5.74, 6) is 0.834. The van der Waals surface area contributed by atoms with Crippen LogP contribution in [-0.2, 0) is 6.54 Å². The summed E-state index contributed by atoms with van der Waals surface area (Å²) in [5, 5.41) is 4.64. The van der Waals surface area contributed by atoms with Gasteiger partial charge in [0.1, 0.15) is 5.75 Å². The number of benzene rings is 1. The summed E-state index contributed by atoms with van der Waals surface area (Å²) in [6.07, 6.45) is 0.918. The van der Waals surface area contributed by atoms with Crippen LogP contribution in [0.2, 0.25) is 0 Å². The van der Waals surface area contributed by atoms with Crippen LogP contribution in [0.1, 0.15) is 41.9 Å². The first-order valence-corrected chi connectivity index (χ1v) is 7.89. The summed E-state index contributed by atoms with van der Waals surface area (Å²) in [6.45, 7) is 6.94. The van der Waals surface area contributed by atoms with E-state index in [-0.39, 0.29) is 6.04 Å². The molecule has 2 rings (SSSR count). The maximum Gasteiger partial charge on any atom is 0.133 e. The molecule has 21 heavy (non-hydrogen) atoms. The number of hydrogen-bond donors (Lipinski definition) is 1. The molecule has 1 aromatic heterocycles. The lowest BCUT2D eigenvalue weighted by molar-refractivity contribution is 0.412. The number of halogens is 1. The Bertz CT molecular complexity index is 637. The van der Waals surface area contributed by atoms with E-state index in [1.807, 2.05) is 17.7 Å². The fraction of sp³-hybridized carbons (Fsp3) is 0.438. The molecule has 1 atom stereocenters. The molecule has 0 aliphatic carbocycles. The largest absolute Gasteiger partial charge is 0.496 e. The maximum absolute atomic E-state index is 6.19. The van der Waals surface area contributed by atoms with E-state index in [9.17, 15) is 0 Å². The molecular formula is C16H22BrN3O. The van der Waals surface area contributed by atoms with Gasteiger partial charge in [0.15, 0.2) is 0 Å². The van der Waals surface area contributed by atoms with E-state index in [1.165, 1.54) is 11.1 Å². The van der Waals surface area contributed by atoms with Gasteiger partial charge in [-0.25, -0.2) is 0 Å². The lowest BCUT2D eigenvalue weighted by Gasteiger charge is -2.11. The van der Waals surface area contributed by atoms with E-state index in [0.29, 0.717) is 0 Å². The summed E-state index contributed by atoms with van der Waals surface area (Å²) in [6, 6.07) is 6.14. The number of rotatable bonds is 5. The van der Waals surface area contributed by atoms with E-state index in [0.717, 1.165) is 34.6 Å². The van der Waals surface area contributed by atoms with E-state index >= 15 is 0 Å². The average molecular weight is 352 g/mol. The average Bonchev–Trinajstić information content (AvgIpc) is 2.73. The van der Waals surface area contributed by atoms with Crippen LogP contribution in [0.15, 0.2) is 22.7 Å². The molecule has 0 bridgehead atoms. The second-order valence-electron chi connectivity index (χ2n) is 5.23. The van der Waals surface area contributed by atoms with Gasteiger partial charge in [-0.05, 0) is 53.9 Å². The van der Waals surface area contributed by atoms with Gasteiger partial charge in [-0.2, -0.15) is 5.10 Å². The normalized spacial score (nSPS) is 12.5. The molecule has 1 aromatic carbocycles. The Morgan fingerprint density at radius 1 is 1.38 bits per heavy atom. The van der Waals surface area contributed by atoms with E-state index in [4.69, 9.17) is 10.5 Å². The number of nitrogens with zero attached hydrogens (tertiary/aromatic N) is 2. The minimum absolute atomic E-state index is 0.0568. The Balaban J connectivity index is 2.30. The topological polar surface area (TPSA) is 53.1 Å². The zero-order valence-corrected chi connectivity index (χ0v) is 14.6. The van der Waals surface area contributed by atoms with Crippen LogP contribution >= 0.6 is 15.9 Å². The molecule has 5 heteroatoms. The summed E-state index contributed by atoms with van der Waals surface area (Å²) in [7, 11) is 1.67. The van der Waals surface area contributed by atoms with Crippen molar-refractivity contribution in [2.45, 2.75) is 39.8 Å². The van der Waals surface area contributed by atoms with Crippen LogP contribution in [0.5, 0.6) is 5.75 Å². The van der Waals surface area contributed by atoms with Gasteiger partial charge in [0.25, 0.3) is 0 Å². The highest BCUT2D eigenvalue weighted by Gasteiger charge is 2.16. The van der Waals surface area contributed by atoms with Crippen LogP contribution in [0.4, 0.5) is 0 Å². The van der Waals surface area contributed by atoms with Crippen molar-refractivity contribution in [1.29, 1.82) is 0 Å². The van der Waals surface area contributed by atoms with Crippen molar-refractivity contribution in [1.82, 2.24) is 9.78 Å². The summed E-state index contributed by atoms with van der Waals surface area (Å²) in [5.41, 5.74) is 10.7. The van der Waals surface area contributed by atoms with Crippen molar-refractivity contribution in [2.24, 2.45) is 5.73 Å². The molecule has 0 amide bonds.